The maximum absolute atomic E-state index is 12.3. The fraction of sp³-hybridized carbons (Fsp3) is 0.400. The van der Waals surface area contributed by atoms with Crippen LogP contribution in [0.4, 0.5) is 5.69 Å². The van der Waals surface area contributed by atoms with Crippen molar-refractivity contribution < 1.29 is 8.42 Å². The molecule has 7 nitrogen and oxygen atoms in total. The summed E-state index contributed by atoms with van der Waals surface area (Å²) in [7, 11) is -0.424. The summed E-state index contributed by atoms with van der Waals surface area (Å²) in [6.07, 6.45) is 3.23. The molecule has 0 amide bonds. The van der Waals surface area contributed by atoms with Crippen molar-refractivity contribution in [2.24, 2.45) is 0 Å². The third kappa shape index (κ3) is 3.37. The van der Waals surface area contributed by atoms with Crippen LogP contribution in [-0.4, -0.2) is 43.9 Å². The highest BCUT2D eigenvalue weighted by Gasteiger charge is 2.46. The van der Waals surface area contributed by atoms with Crippen molar-refractivity contribution in [1.29, 1.82) is 5.26 Å². The predicted octanol–water partition coefficient (Wildman–Crippen LogP) is 1.98. The fourth-order valence-electron chi connectivity index (χ4n) is 4.34. The summed E-state index contributed by atoms with van der Waals surface area (Å²) in [6.45, 7) is 0.661. The largest absolute Gasteiger partial charge is 0.362 e. The highest BCUT2D eigenvalue weighted by atomic mass is 32.2. The summed E-state index contributed by atoms with van der Waals surface area (Å²) < 4.78 is 28.6. The van der Waals surface area contributed by atoms with E-state index in [1.165, 1.54) is 18.4 Å². The summed E-state index contributed by atoms with van der Waals surface area (Å²) in [6, 6.07) is 13.9. The van der Waals surface area contributed by atoms with Crippen LogP contribution < -0.4 is 9.62 Å². The molecule has 1 aromatic heterocycles. The lowest BCUT2D eigenvalue weighted by molar-refractivity contribution is 0.483. The second kappa shape index (κ2) is 7.17. The van der Waals surface area contributed by atoms with Gasteiger partial charge in [0, 0.05) is 44.0 Å². The quantitative estimate of drug-likeness (QED) is 0.833. The number of hydrogen-bond donors (Lipinski definition) is 1. The zero-order chi connectivity index (χ0) is 19.9. The van der Waals surface area contributed by atoms with Gasteiger partial charge < -0.3 is 4.90 Å². The predicted molar refractivity (Wildman–Crippen MR) is 107 cm³/mol. The van der Waals surface area contributed by atoms with Crippen LogP contribution in [0.15, 0.2) is 42.6 Å². The average Bonchev–Trinajstić information content (AvgIpc) is 3.19. The lowest BCUT2D eigenvalue weighted by Crippen LogP contribution is -2.42. The Morgan fingerprint density at radius 3 is 2.79 bits per heavy atom. The second-order valence-electron chi connectivity index (χ2n) is 7.58. The van der Waals surface area contributed by atoms with E-state index in [1.807, 2.05) is 36.4 Å². The van der Waals surface area contributed by atoms with Crippen LogP contribution in [0.3, 0.4) is 0 Å². The van der Waals surface area contributed by atoms with Gasteiger partial charge in [-0.3, -0.25) is 4.98 Å². The zero-order valence-corrected chi connectivity index (χ0v) is 16.7. The topological polar surface area (TPSA) is 89.3 Å². The molecule has 146 valence electrons. The van der Waals surface area contributed by atoms with E-state index in [0.29, 0.717) is 12.1 Å². The van der Waals surface area contributed by atoms with Crippen molar-refractivity contribution in [1.82, 2.24) is 14.0 Å². The van der Waals surface area contributed by atoms with Gasteiger partial charge in [-0.1, -0.05) is 6.07 Å². The van der Waals surface area contributed by atoms with Crippen LogP contribution in [0.25, 0.3) is 0 Å². The zero-order valence-electron chi connectivity index (χ0n) is 15.9. The molecule has 3 atom stereocenters. The van der Waals surface area contributed by atoms with Crippen molar-refractivity contribution in [3.8, 4) is 6.07 Å². The van der Waals surface area contributed by atoms with Crippen molar-refractivity contribution in [2.45, 2.75) is 37.4 Å². The molecule has 1 aliphatic carbocycles. The number of nitrogens with zero attached hydrogens (tertiary/aromatic N) is 4. The van der Waals surface area contributed by atoms with Crippen LogP contribution in [0, 0.1) is 11.3 Å². The van der Waals surface area contributed by atoms with Crippen LogP contribution in [0.1, 0.15) is 35.6 Å². The monoisotopic (exact) mass is 397 g/mol. The highest BCUT2D eigenvalue weighted by Crippen LogP contribution is 2.50. The van der Waals surface area contributed by atoms with E-state index in [0.717, 1.165) is 29.8 Å². The van der Waals surface area contributed by atoms with Gasteiger partial charge in [0.1, 0.15) is 0 Å². The summed E-state index contributed by atoms with van der Waals surface area (Å²) in [4.78, 5) is 6.77. The molecule has 1 aromatic carbocycles. The molecule has 2 unspecified atom stereocenters. The Hall–Kier alpha value is -2.47. The van der Waals surface area contributed by atoms with Gasteiger partial charge in [-0.05, 0) is 48.7 Å². The van der Waals surface area contributed by atoms with Gasteiger partial charge in [0.2, 0.25) is 0 Å². The Labute approximate surface area is 165 Å². The van der Waals surface area contributed by atoms with Gasteiger partial charge in [0.15, 0.2) is 0 Å². The van der Waals surface area contributed by atoms with Gasteiger partial charge in [-0.15, -0.1) is 0 Å². The minimum absolute atomic E-state index is 0.132. The maximum atomic E-state index is 12.3. The number of rotatable bonds is 5. The molecule has 4 rings (SSSR count). The maximum Gasteiger partial charge on any atom is 0.279 e. The van der Waals surface area contributed by atoms with E-state index in [4.69, 9.17) is 0 Å². The summed E-state index contributed by atoms with van der Waals surface area (Å²) >= 11 is 0. The lowest BCUT2D eigenvalue weighted by Gasteiger charge is -2.27. The Kier molecular flexibility index (Phi) is 4.83. The molecule has 1 aliphatic heterocycles. The van der Waals surface area contributed by atoms with E-state index in [9.17, 15) is 13.7 Å². The number of aromatic nitrogens is 1. The Morgan fingerprint density at radius 1 is 1.29 bits per heavy atom. The number of pyridine rings is 1. The van der Waals surface area contributed by atoms with E-state index < -0.39 is 10.2 Å². The van der Waals surface area contributed by atoms with Crippen molar-refractivity contribution >= 4 is 15.9 Å². The molecule has 0 bridgehead atoms. The molecule has 2 heterocycles. The van der Waals surface area contributed by atoms with E-state index in [-0.39, 0.29) is 18.0 Å². The van der Waals surface area contributed by atoms with Gasteiger partial charge in [-0.25, -0.2) is 0 Å². The number of benzene rings is 1. The smallest absolute Gasteiger partial charge is 0.279 e. The first-order valence-electron chi connectivity index (χ1n) is 9.29. The minimum Gasteiger partial charge on any atom is -0.362 e. The molecule has 2 aromatic rings. The molecule has 1 saturated carbocycles. The van der Waals surface area contributed by atoms with Crippen molar-refractivity contribution in [2.75, 3.05) is 19.0 Å². The van der Waals surface area contributed by atoms with E-state index >= 15 is 0 Å². The Morgan fingerprint density at radius 2 is 2.11 bits per heavy atom. The molecule has 8 heteroatoms. The van der Waals surface area contributed by atoms with Crippen LogP contribution >= 0.6 is 0 Å². The van der Waals surface area contributed by atoms with Gasteiger partial charge >= 0.3 is 0 Å². The first-order chi connectivity index (χ1) is 13.4. The highest BCUT2D eigenvalue weighted by molar-refractivity contribution is 7.87. The van der Waals surface area contributed by atoms with E-state index in [1.54, 1.807) is 6.20 Å². The summed E-state index contributed by atoms with van der Waals surface area (Å²) in [5, 5.41) is 9.31. The molecular formula is C20H23N5O2S. The molecular weight excluding hydrogens is 374 g/mol. The summed E-state index contributed by atoms with van der Waals surface area (Å²) in [5.41, 5.74) is 3.85. The standard InChI is InChI=1S/C20H23N5O2S/c1-24(2)28(26,27)23-16-10-18-17-9-14(12-21)6-7-19(17)25(20(18)11-16)13-15-5-3-4-8-22-15/h3-9,16,18,20,23H,10-11,13H2,1-2H3/t16-,18?,20?/m1/s1. The molecule has 28 heavy (non-hydrogen) atoms. The lowest BCUT2D eigenvalue weighted by atomic mass is 9.96. The molecule has 0 saturated heterocycles. The fourth-order valence-corrected chi connectivity index (χ4v) is 5.16. The Bertz CT molecular complexity index is 1020. The number of fused-ring (bicyclic) bond motifs is 3. The van der Waals surface area contributed by atoms with Crippen LogP contribution in [0.2, 0.25) is 0 Å². The molecule has 1 fully saturated rings. The summed E-state index contributed by atoms with van der Waals surface area (Å²) in [5.74, 6) is 0.196. The number of hydrogen-bond acceptors (Lipinski definition) is 5. The third-order valence-corrected chi connectivity index (χ3v) is 7.24. The molecule has 2 aliphatic rings. The number of nitriles is 1. The molecule has 0 spiro atoms. The average molecular weight is 398 g/mol. The Balaban J connectivity index is 1.65. The van der Waals surface area contributed by atoms with Gasteiger partial charge in [0.05, 0.1) is 23.9 Å². The third-order valence-electron chi connectivity index (χ3n) is 5.65. The van der Waals surface area contributed by atoms with Gasteiger partial charge in [0.25, 0.3) is 10.2 Å². The number of anilines is 1. The number of nitrogens with one attached hydrogen (secondary N) is 1. The normalized spacial score (nSPS) is 23.5. The first kappa shape index (κ1) is 18.9. The molecule has 0 radical (unpaired) electrons. The van der Waals surface area contributed by atoms with Gasteiger partial charge in [-0.2, -0.15) is 22.7 Å². The van der Waals surface area contributed by atoms with E-state index in [2.05, 4.69) is 20.7 Å². The van der Waals surface area contributed by atoms with Crippen LogP contribution in [0.5, 0.6) is 0 Å². The van der Waals surface area contributed by atoms with Crippen LogP contribution in [-0.2, 0) is 16.8 Å². The first-order valence-corrected chi connectivity index (χ1v) is 10.7. The second-order valence-corrected chi connectivity index (χ2v) is 9.50. The molecule has 1 N–H and O–H groups in total. The van der Waals surface area contributed by atoms with Crippen molar-refractivity contribution in [3.63, 3.8) is 0 Å². The SMILES string of the molecule is CN(C)S(=O)(=O)N[C@@H]1CC2c3cc(C#N)ccc3N(Cc3ccccn3)C2C1. The van der Waals surface area contributed by atoms with Crippen molar-refractivity contribution in [3.05, 3.63) is 59.4 Å². The minimum atomic E-state index is -3.48.